The number of aliphatic hydroxyl groups excluding tert-OH is 1. The van der Waals surface area contributed by atoms with Crippen LogP contribution in [0, 0.1) is 13.8 Å². The zero-order chi connectivity index (χ0) is 18.0. The molecule has 0 radical (unpaired) electrons. The lowest BCUT2D eigenvalue weighted by Gasteiger charge is -2.19. The van der Waals surface area contributed by atoms with E-state index in [1.807, 2.05) is 25.1 Å². The summed E-state index contributed by atoms with van der Waals surface area (Å²) in [4.78, 5) is 12.3. The van der Waals surface area contributed by atoms with Crippen LogP contribution in [0.4, 0.5) is 5.69 Å². The first-order chi connectivity index (χ1) is 12.0. The van der Waals surface area contributed by atoms with Gasteiger partial charge < -0.3 is 15.7 Å². The first-order valence-corrected chi connectivity index (χ1v) is 8.87. The molecule has 0 saturated heterocycles. The van der Waals surface area contributed by atoms with Gasteiger partial charge in [0.1, 0.15) is 0 Å². The minimum absolute atomic E-state index is 0.0567. The number of aliphatic hydroxyl groups is 1. The summed E-state index contributed by atoms with van der Waals surface area (Å²) in [6.07, 6.45) is 1.06. The third-order valence-electron chi connectivity index (χ3n) is 5.12. The number of rotatable bonds is 5. The van der Waals surface area contributed by atoms with Crippen molar-refractivity contribution in [3.8, 4) is 0 Å². The molecule has 0 aromatic heterocycles. The summed E-state index contributed by atoms with van der Waals surface area (Å²) in [6.45, 7) is 6.63. The van der Waals surface area contributed by atoms with Gasteiger partial charge in [0, 0.05) is 17.8 Å². The predicted molar refractivity (Wildman–Crippen MR) is 101 cm³/mol. The summed E-state index contributed by atoms with van der Waals surface area (Å²) in [7, 11) is 0. The fourth-order valence-electron chi connectivity index (χ4n) is 3.91. The molecule has 4 heteroatoms. The quantitative estimate of drug-likeness (QED) is 0.779. The zero-order valence-electron chi connectivity index (χ0n) is 15.1. The van der Waals surface area contributed by atoms with Gasteiger partial charge in [0.25, 0.3) is 5.91 Å². The van der Waals surface area contributed by atoms with Crippen molar-refractivity contribution in [2.45, 2.75) is 39.2 Å². The summed E-state index contributed by atoms with van der Waals surface area (Å²) in [5.74, 6) is 0.385. The molecule has 25 heavy (non-hydrogen) atoms. The van der Waals surface area contributed by atoms with Gasteiger partial charge in [-0.2, -0.15) is 0 Å². The molecule has 1 aliphatic rings. The lowest BCUT2D eigenvalue weighted by molar-refractivity contribution is 0.0944. The van der Waals surface area contributed by atoms with Crippen molar-refractivity contribution in [2.24, 2.45) is 0 Å². The van der Waals surface area contributed by atoms with Crippen LogP contribution >= 0.6 is 0 Å². The fourth-order valence-corrected chi connectivity index (χ4v) is 3.91. The van der Waals surface area contributed by atoms with E-state index in [9.17, 15) is 4.79 Å². The molecule has 3 N–H and O–H groups in total. The Hall–Kier alpha value is -2.33. The minimum atomic E-state index is -0.147. The maximum Gasteiger partial charge on any atom is 0.251 e. The van der Waals surface area contributed by atoms with E-state index >= 15 is 0 Å². The molecule has 0 saturated carbocycles. The summed E-state index contributed by atoms with van der Waals surface area (Å²) in [5.41, 5.74) is 6.74. The number of carbonyl (C=O) groups is 1. The standard InChI is InChI=1S/C21H26N2O2/c1-13-6-4-8-17-19(12-14(2)20(13)17)23-18-9-5-7-16(15(18)3)21(25)22-10-11-24/h4-9,14,19,23-24H,10-12H2,1-3H3,(H,22,25). The van der Waals surface area contributed by atoms with E-state index in [0.717, 1.165) is 17.7 Å². The Morgan fingerprint density at radius 1 is 1.20 bits per heavy atom. The number of hydrogen-bond acceptors (Lipinski definition) is 3. The average Bonchev–Trinajstić information content (AvgIpc) is 2.91. The first-order valence-electron chi connectivity index (χ1n) is 8.87. The average molecular weight is 338 g/mol. The van der Waals surface area contributed by atoms with Gasteiger partial charge in [-0.05, 0) is 60.6 Å². The van der Waals surface area contributed by atoms with E-state index in [4.69, 9.17) is 5.11 Å². The highest BCUT2D eigenvalue weighted by Gasteiger charge is 2.29. The van der Waals surface area contributed by atoms with Crippen molar-refractivity contribution in [3.63, 3.8) is 0 Å². The van der Waals surface area contributed by atoms with Crippen molar-refractivity contribution in [1.82, 2.24) is 5.32 Å². The number of nitrogens with one attached hydrogen (secondary N) is 2. The van der Waals surface area contributed by atoms with Crippen LogP contribution in [-0.4, -0.2) is 24.2 Å². The van der Waals surface area contributed by atoms with Gasteiger partial charge in [-0.3, -0.25) is 4.79 Å². The molecular formula is C21H26N2O2. The second kappa shape index (κ2) is 7.28. The second-order valence-corrected chi connectivity index (χ2v) is 6.87. The molecule has 2 atom stereocenters. The van der Waals surface area contributed by atoms with E-state index in [0.29, 0.717) is 11.5 Å². The summed E-state index contributed by atoms with van der Waals surface area (Å²) in [6, 6.07) is 12.5. The third-order valence-corrected chi connectivity index (χ3v) is 5.12. The SMILES string of the molecule is Cc1cccc2c1C(C)CC2Nc1cccc(C(=O)NCCO)c1C. The number of fused-ring (bicyclic) bond motifs is 1. The van der Waals surface area contributed by atoms with Crippen molar-refractivity contribution < 1.29 is 9.90 Å². The zero-order valence-corrected chi connectivity index (χ0v) is 15.1. The number of hydrogen-bond donors (Lipinski definition) is 3. The lowest BCUT2D eigenvalue weighted by atomic mass is 9.98. The van der Waals surface area contributed by atoms with Gasteiger partial charge in [-0.25, -0.2) is 0 Å². The largest absolute Gasteiger partial charge is 0.395 e. The third kappa shape index (κ3) is 3.40. The number of amides is 1. The van der Waals surface area contributed by atoms with E-state index in [-0.39, 0.29) is 25.1 Å². The summed E-state index contributed by atoms with van der Waals surface area (Å²) in [5, 5.41) is 15.3. The van der Waals surface area contributed by atoms with E-state index in [1.165, 1.54) is 16.7 Å². The van der Waals surface area contributed by atoms with Crippen molar-refractivity contribution >= 4 is 11.6 Å². The lowest BCUT2D eigenvalue weighted by Crippen LogP contribution is -2.27. The molecule has 132 valence electrons. The Morgan fingerprint density at radius 3 is 2.72 bits per heavy atom. The van der Waals surface area contributed by atoms with E-state index in [2.05, 4.69) is 42.7 Å². The number of carbonyl (C=O) groups excluding carboxylic acids is 1. The van der Waals surface area contributed by atoms with Crippen LogP contribution in [-0.2, 0) is 0 Å². The smallest absolute Gasteiger partial charge is 0.251 e. The molecule has 1 aliphatic carbocycles. The van der Waals surface area contributed by atoms with Crippen LogP contribution in [0.5, 0.6) is 0 Å². The second-order valence-electron chi connectivity index (χ2n) is 6.87. The Balaban J connectivity index is 1.86. The molecule has 0 heterocycles. The molecular weight excluding hydrogens is 312 g/mol. The Morgan fingerprint density at radius 2 is 1.96 bits per heavy atom. The monoisotopic (exact) mass is 338 g/mol. The molecule has 2 unspecified atom stereocenters. The Bertz CT molecular complexity index is 785. The van der Waals surface area contributed by atoms with Crippen LogP contribution in [0.3, 0.4) is 0 Å². The van der Waals surface area contributed by atoms with E-state index in [1.54, 1.807) is 0 Å². The van der Waals surface area contributed by atoms with Gasteiger partial charge >= 0.3 is 0 Å². The highest BCUT2D eigenvalue weighted by atomic mass is 16.3. The molecule has 0 aliphatic heterocycles. The van der Waals surface area contributed by atoms with Crippen molar-refractivity contribution in [2.75, 3.05) is 18.5 Å². The van der Waals surface area contributed by atoms with Crippen LogP contribution in [0.2, 0.25) is 0 Å². The van der Waals surface area contributed by atoms with Gasteiger partial charge in [-0.15, -0.1) is 0 Å². The molecule has 0 spiro atoms. The molecule has 0 bridgehead atoms. The van der Waals surface area contributed by atoms with Crippen molar-refractivity contribution in [1.29, 1.82) is 0 Å². The molecule has 2 aromatic carbocycles. The highest BCUT2D eigenvalue weighted by molar-refractivity contribution is 5.97. The molecule has 4 nitrogen and oxygen atoms in total. The molecule has 3 rings (SSSR count). The van der Waals surface area contributed by atoms with Crippen LogP contribution in [0.25, 0.3) is 0 Å². The number of aryl methyl sites for hydroxylation is 1. The van der Waals surface area contributed by atoms with Gasteiger partial charge in [0.15, 0.2) is 0 Å². The Labute approximate surface area is 149 Å². The highest BCUT2D eigenvalue weighted by Crippen LogP contribution is 2.43. The van der Waals surface area contributed by atoms with Crippen LogP contribution in [0.1, 0.15) is 57.9 Å². The predicted octanol–water partition coefficient (Wildman–Crippen LogP) is 3.69. The van der Waals surface area contributed by atoms with Gasteiger partial charge in [-0.1, -0.05) is 31.2 Å². The molecule has 2 aromatic rings. The fraction of sp³-hybridized carbons (Fsp3) is 0.381. The van der Waals surface area contributed by atoms with Crippen LogP contribution in [0.15, 0.2) is 36.4 Å². The van der Waals surface area contributed by atoms with Crippen LogP contribution < -0.4 is 10.6 Å². The topological polar surface area (TPSA) is 61.4 Å². The Kier molecular flexibility index (Phi) is 5.09. The summed E-state index contributed by atoms with van der Waals surface area (Å²) < 4.78 is 0. The number of benzene rings is 2. The summed E-state index contributed by atoms with van der Waals surface area (Å²) >= 11 is 0. The maximum atomic E-state index is 12.3. The normalized spacial score (nSPS) is 18.7. The first kappa shape index (κ1) is 17.5. The van der Waals surface area contributed by atoms with E-state index < -0.39 is 0 Å². The molecule has 1 amide bonds. The minimum Gasteiger partial charge on any atom is -0.395 e. The number of anilines is 1. The van der Waals surface area contributed by atoms with Crippen molar-refractivity contribution in [3.05, 3.63) is 64.2 Å². The maximum absolute atomic E-state index is 12.3. The van der Waals surface area contributed by atoms with Gasteiger partial charge in [0.2, 0.25) is 0 Å². The molecule has 0 fully saturated rings. The van der Waals surface area contributed by atoms with Gasteiger partial charge in [0.05, 0.1) is 12.6 Å².